The van der Waals surface area contributed by atoms with Crippen molar-refractivity contribution in [2.45, 2.75) is 161 Å². The SMILES string of the molecule is CC/C=C\C/C=C\C/C=C\C/C=C\C/C=C\CCCCCCCCCC(=O)NC(CS(=O)(=O)O)C(O)CCCCCCCC. The molecule has 0 saturated heterocycles. The highest BCUT2D eigenvalue weighted by atomic mass is 32.2. The molecule has 0 fully saturated rings. The van der Waals surface area contributed by atoms with Gasteiger partial charge in [0.15, 0.2) is 0 Å². The van der Waals surface area contributed by atoms with Crippen molar-refractivity contribution in [2.24, 2.45) is 0 Å². The average molecular weight is 636 g/mol. The van der Waals surface area contributed by atoms with Crippen LogP contribution in [0.3, 0.4) is 0 Å². The smallest absolute Gasteiger partial charge is 0.266 e. The molecule has 0 saturated carbocycles. The highest BCUT2D eigenvalue weighted by Crippen LogP contribution is 2.13. The Morgan fingerprint density at radius 3 is 1.61 bits per heavy atom. The number of unbranched alkanes of at least 4 members (excludes halogenated alkanes) is 12. The van der Waals surface area contributed by atoms with E-state index in [0.717, 1.165) is 96.3 Å². The molecule has 7 heteroatoms. The number of allylic oxidation sites excluding steroid dienone is 10. The summed E-state index contributed by atoms with van der Waals surface area (Å²) in [4.78, 5) is 12.4. The molecule has 0 aromatic rings. The van der Waals surface area contributed by atoms with Crippen LogP contribution in [0.2, 0.25) is 0 Å². The van der Waals surface area contributed by atoms with Crippen LogP contribution in [0.4, 0.5) is 0 Å². The molecule has 6 nitrogen and oxygen atoms in total. The molecular formula is C37H65NO5S. The van der Waals surface area contributed by atoms with Gasteiger partial charge < -0.3 is 10.4 Å². The minimum absolute atomic E-state index is 0.266. The van der Waals surface area contributed by atoms with Crippen molar-refractivity contribution >= 4 is 16.0 Å². The van der Waals surface area contributed by atoms with Crippen molar-refractivity contribution in [3.8, 4) is 0 Å². The third-order valence-corrected chi connectivity index (χ3v) is 8.27. The van der Waals surface area contributed by atoms with E-state index in [-0.39, 0.29) is 5.91 Å². The maximum atomic E-state index is 12.4. The van der Waals surface area contributed by atoms with Gasteiger partial charge in [0.25, 0.3) is 10.1 Å². The molecule has 0 spiro atoms. The lowest BCUT2D eigenvalue weighted by Gasteiger charge is -2.23. The second-order valence-electron chi connectivity index (χ2n) is 11.8. The van der Waals surface area contributed by atoms with E-state index in [0.29, 0.717) is 12.8 Å². The summed E-state index contributed by atoms with van der Waals surface area (Å²) in [5.74, 6) is -0.923. The molecule has 2 atom stereocenters. The van der Waals surface area contributed by atoms with Gasteiger partial charge in [0.05, 0.1) is 17.9 Å². The quantitative estimate of drug-likeness (QED) is 0.0414. The van der Waals surface area contributed by atoms with Gasteiger partial charge in [-0.05, 0) is 57.8 Å². The molecule has 44 heavy (non-hydrogen) atoms. The number of rotatable bonds is 30. The Morgan fingerprint density at radius 2 is 1.09 bits per heavy atom. The minimum atomic E-state index is -4.30. The van der Waals surface area contributed by atoms with E-state index < -0.39 is 28.0 Å². The number of aliphatic hydroxyl groups excluding tert-OH is 1. The van der Waals surface area contributed by atoms with Gasteiger partial charge in [0.2, 0.25) is 5.91 Å². The first-order valence-corrected chi connectivity index (χ1v) is 19.1. The summed E-state index contributed by atoms with van der Waals surface area (Å²) in [5, 5.41) is 13.1. The van der Waals surface area contributed by atoms with Crippen LogP contribution in [-0.4, -0.2) is 41.9 Å². The van der Waals surface area contributed by atoms with E-state index in [1.54, 1.807) is 0 Å². The number of amides is 1. The first kappa shape index (κ1) is 42.0. The first-order valence-electron chi connectivity index (χ1n) is 17.5. The molecule has 0 aromatic carbocycles. The molecule has 1 amide bonds. The first-order chi connectivity index (χ1) is 21.3. The summed E-state index contributed by atoms with van der Waals surface area (Å²) < 4.78 is 32.1. The van der Waals surface area contributed by atoms with Gasteiger partial charge in [-0.1, -0.05) is 145 Å². The minimum Gasteiger partial charge on any atom is -0.391 e. The van der Waals surface area contributed by atoms with E-state index >= 15 is 0 Å². The van der Waals surface area contributed by atoms with Crippen LogP contribution in [0, 0.1) is 0 Å². The maximum Gasteiger partial charge on any atom is 0.266 e. The van der Waals surface area contributed by atoms with Gasteiger partial charge in [0, 0.05) is 6.42 Å². The van der Waals surface area contributed by atoms with Gasteiger partial charge in [-0.3, -0.25) is 9.35 Å². The predicted molar refractivity (Wildman–Crippen MR) is 188 cm³/mol. The molecule has 0 radical (unpaired) electrons. The van der Waals surface area contributed by atoms with Crippen molar-refractivity contribution in [3.05, 3.63) is 60.8 Å². The second kappa shape index (κ2) is 31.0. The van der Waals surface area contributed by atoms with Crippen molar-refractivity contribution in [1.82, 2.24) is 5.32 Å². The van der Waals surface area contributed by atoms with Gasteiger partial charge in [-0.15, -0.1) is 0 Å². The highest BCUT2D eigenvalue weighted by molar-refractivity contribution is 7.85. The lowest BCUT2D eigenvalue weighted by molar-refractivity contribution is -0.122. The molecule has 0 aliphatic rings. The predicted octanol–water partition coefficient (Wildman–Crippen LogP) is 9.73. The zero-order valence-electron chi connectivity index (χ0n) is 28.0. The number of hydrogen-bond donors (Lipinski definition) is 3. The summed E-state index contributed by atoms with van der Waals surface area (Å²) in [6.07, 6.45) is 42.0. The van der Waals surface area contributed by atoms with Gasteiger partial charge in [0.1, 0.15) is 0 Å². The molecule has 0 aliphatic heterocycles. The number of carbonyl (C=O) groups is 1. The van der Waals surface area contributed by atoms with Crippen molar-refractivity contribution in [2.75, 3.05) is 5.75 Å². The summed E-state index contributed by atoms with van der Waals surface area (Å²) >= 11 is 0. The number of carbonyl (C=O) groups excluding carboxylic acids is 1. The van der Waals surface area contributed by atoms with Gasteiger partial charge in [-0.25, -0.2) is 0 Å². The lowest BCUT2D eigenvalue weighted by Crippen LogP contribution is -2.47. The van der Waals surface area contributed by atoms with Crippen LogP contribution >= 0.6 is 0 Å². The summed E-state index contributed by atoms with van der Waals surface area (Å²) in [6.45, 7) is 4.31. The number of aliphatic hydroxyl groups is 1. The molecule has 2 unspecified atom stereocenters. The van der Waals surface area contributed by atoms with Gasteiger partial charge in [-0.2, -0.15) is 8.42 Å². The Kier molecular flexibility index (Phi) is 29.7. The summed E-state index contributed by atoms with van der Waals surface area (Å²) in [7, 11) is -4.30. The molecule has 0 aliphatic carbocycles. The zero-order chi connectivity index (χ0) is 32.6. The van der Waals surface area contributed by atoms with E-state index in [2.05, 4.69) is 79.9 Å². The maximum absolute atomic E-state index is 12.4. The van der Waals surface area contributed by atoms with Crippen LogP contribution in [0.1, 0.15) is 149 Å². The highest BCUT2D eigenvalue weighted by Gasteiger charge is 2.26. The largest absolute Gasteiger partial charge is 0.391 e. The Bertz CT molecular complexity index is 920. The summed E-state index contributed by atoms with van der Waals surface area (Å²) in [6, 6.07) is -0.976. The average Bonchev–Trinajstić information content (AvgIpc) is 2.98. The molecular weight excluding hydrogens is 570 g/mol. The fourth-order valence-electron chi connectivity index (χ4n) is 4.89. The fourth-order valence-corrected chi connectivity index (χ4v) is 5.65. The summed E-state index contributed by atoms with van der Waals surface area (Å²) in [5.41, 5.74) is 0. The monoisotopic (exact) mass is 635 g/mol. The Hall–Kier alpha value is -1.96. The van der Waals surface area contributed by atoms with Crippen LogP contribution in [0.5, 0.6) is 0 Å². The number of hydrogen-bond acceptors (Lipinski definition) is 4. The topological polar surface area (TPSA) is 104 Å². The molecule has 0 rings (SSSR count). The molecule has 0 heterocycles. The molecule has 0 aromatic heterocycles. The van der Waals surface area contributed by atoms with Crippen LogP contribution in [0.25, 0.3) is 0 Å². The third-order valence-electron chi connectivity index (χ3n) is 7.49. The Morgan fingerprint density at radius 1 is 0.636 bits per heavy atom. The Labute approximate surface area is 271 Å². The van der Waals surface area contributed by atoms with Crippen molar-refractivity contribution < 1.29 is 22.9 Å². The van der Waals surface area contributed by atoms with Gasteiger partial charge >= 0.3 is 0 Å². The number of nitrogens with one attached hydrogen (secondary N) is 1. The fraction of sp³-hybridized carbons (Fsp3) is 0.703. The van der Waals surface area contributed by atoms with E-state index in [1.807, 2.05) is 0 Å². The molecule has 0 bridgehead atoms. The van der Waals surface area contributed by atoms with Crippen LogP contribution < -0.4 is 5.32 Å². The van der Waals surface area contributed by atoms with Crippen LogP contribution in [0.15, 0.2) is 60.8 Å². The van der Waals surface area contributed by atoms with Crippen molar-refractivity contribution in [3.63, 3.8) is 0 Å². The zero-order valence-corrected chi connectivity index (χ0v) is 28.8. The third kappa shape index (κ3) is 31.5. The van der Waals surface area contributed by atoms with Crippen LogP contribution in [-0.2, 0) is 14.9 Å². The standard InChI is InChI=1S/C37H65NO5S/c1-3-5-7-9-11-12-13-14-15-16-17-18-19-20-21-22-23-24-25-26-27-29-31-33-37(40)38-35(34-44(41,42)43)36(39)32-30-28-10-8-6-4-2/h5,7,11-12,14-15,17-18,20-21,35-36,39H,3-4,6,8-10,13,16,19,22-34H2,1-2H3,(H,38,40)(H,41,42,43)/b7-5-,12-11-,15-14-,18-17-,21-20-. The van der Waals surface area contributed by atoms with E-state index in [4.69, 9.17) is 0 Å². The van der Waals surface area contributed by atoms with E-state index in [1.165, 1.54) is 25.7 Å². The normalized spacial score (nSPS) is 14.2. The molecule has 254 valence electrons. The van der Waals surface area contributed by atoms with Crippen molar-refractivity contribution in [1.29, 1.82) is 0 Å². The Balaban J connectivity index is 3.85. The lowest BCUT2D eigenvalue weighted by atomic mass is 10.0. The van der Waals surface area contributed by atoms with E-state index in [9.17, 15) is 22.9 Å². The molecule has 3 N–H and O–H groups in total. The second-order valence-corrected chi connectivity index (χ2v) is 13.3.